The standard InChI is InChI=1S/C22H25BrN4O4S/c23-18-1-3-19(4-2-18)32(29,30)26-14-20(28)27-16-22(31-21(27)15-26)7-11-25(12-8-22)13-17-5-9-24-10-6-17/h1-6,9-10,21H,7-8,11-16H2. The van der Waals surface area contributed by atoms with E-state index in [4.69, 9.17) is 4.74 Å². The Morgan fingerprint density at radius 2 is 1.78 bits per heavy atom. The lowest BCUT2D eigenvalue weighted by Gasteiger charge is -2.38. The number of carbonyl (C=O) groups is 1. The van der Waals surface area contributed by atoms with Crippen molar-refractivity contribution in [1.29, 1.82) is 0 Å². The third-order valence-corrected chi connectivity index (χ3v) is 8.91. The number of aromatic nitrogens is 1. The van der Waals surface area contributed by atoms with Crippen LogP contribution in [0.4, 0.5) is 0 Å². The van der Waals surface area contributed by atoms with Crippen molar-refractivity contribution in [2.45, 2.75) is 36.1 Å². The Kier molecular flexibility index (Phi) is 5.83. The smallest absolute Gasteiger partial charge is 0.243 e. The fraction of sp³-hybridized carbons (Fsp3) is 0.455. The number of fused-ring (bicyclic) bond motifs is 1. The van der Waals surface area contributed by atoms with Gasteiger partial charge in [0.2, 0.25) is 15.9 Å². The summed E-state index contributed by atoms with van der Waals surface area (Å²) in [5, 5.41) is 0. The maximum absolute atomic E-state index is 13.1. The Morgan fingerprint density at radius 1 is 1.09 bits per heavy atom. The van der Waals surface area contributed by atoms with Crippen LogP contribution in [0.2, 0.25) is 0 Å². The molecule has 0 N–H and O–H groups in total. The van der Waals surface area contributed by atoms with Gasteiger partial charge in [-0.3, -0.25) is 14.7 Å². The molecule has 3 fully saturated rings. The number of nitrogens with zero attached hydrogens (tertiary/aromatic N) is 4. The van der Waals surface area contributed by atoms with Crippen LogP contribution in [0, 0.1) is 0 Å². The van der Waals surface area contributed by atoms with Gasteiger partial charge in [0.05, 0.1) is 30.1 Å². The van der Waals surface area contributed by atoms with Crippen LogP contribution in [0.15, 0.2) is 58.2 Å². The highest BCUT2D eigenvalue weighted by molar-refractivity contribution is 9.10. The molecule has 2 aromatic rings. The van der Waals surface area contributed by atoms with Gasteiger partial charge < -0.3 is 9.64 Å². The van der Waals surface area contributed by atoms with Crippen molar-refractivity contribution in [3.8, 4) is 0 Å². The number of halogens is 1. The number of rotatable bonds is 4. The zero-order valence-electron chi connectivity index (χ0n) is 17.6. The molecule has 3 aliphatic heterocycles. The zero-order chi connectivity index (χ0) is 22.3. The van der Waals surface area contributed by atoms with Gasteiger partial charge in [-0.05, 0) is 54.8 Å². The first-order valence-electron chi connectivity index (χ1n) is 10.7. The predicted octanol–water partition coefficient (Wildman–Crippen LogP) is 2.07. The van der Waals surface area contributed by atoms with E-state index in [0.29, 0.717) is 6.54 Å². The lowest BCUT2D eigenvalue weighted by atomic mass is 9.91. The maximum Gasteiger partial charge on any atom is 0.243 e. The summed E-state index contributed by atoms with van der Waals surface area (Å²) in [7, 11) is -3.76. The highest BCUT2D eigenvalue weighted by Crippen LogP contribution is 2.38. The van der Waals surface area contributed by atoms with E-state index in [1.807, 2.05) is 12.1 Å². The summed E-state index contributed by atoms with van der Waals surface area (Å²) in [6.45, 7) is 3.15. The predicted molar refractivity (Wildman–Crippen MR) is 121 cm³/mol. The van der Waals surface area contributed by atoms with Gasteiger partial charge in [0.15, 0.2) is 0 Å². The van der Waals surface area contributed by atoms with E-state index >= 15 is 0 Å². The number of amides is 1. The first kappa shape index (κ1) is 22.0. The van der Waals surface area contributed by atoms with E-state index in [1.54, 1.807) is 41.6 Å². The van der Waals surface area contributed by atoms with Crippen molar-refractivity contribution in [2.75, 3.05) is 32.7 Å². The van der Waals surface area contributed by atoms with E-state index in [0.717, 1.165) is 36.9 Å². The second-order valence-corrected chi connectivity index (χ2v) is 11.5. The van der Waals surface area contributed by atoms with Gasteiger partial charge in [-0.15, -0.1) is 0 Å². The van der Waals surface area contributed by atoms with Gasteiger partial charge in [0, 0.05) is 36.5 Å². The first-order valence-corrected chi connectivity index (χ1v) is 12.9. The Balaban J connectivity index is 1.25. The average Bonchev–Trinajstić information content (AvgIpc) is 3.15. The highest BCUT2D eigenvalue weighted by Gasteiger charge is 2.52. The molecule has 8 nitrogen and oxygen atoms in total. The molecule has 4 heterocycles. The molecular formula is C22H25BrN4O4S. The SMILES string of the molecule is O=C1CN(S(=O)(=O)c2ccc(Br)cc2)CC2OC3(CCN(Cc4ccncc4)CC3)CN12. The quantitative estimate of drug-likeness (QED) is 0.613. The van der Waals surface area contributed by atoms with Gasteiger partial charge >= 0.3 is 0 Å². The molecule has 0 saturated carbocycles. The zero-order valence-corrected chi connectivity index (χ0v) is 20.0. The maximum atomic E-state index is 13.1. The molecule has 170 valence electrons. The molecule has 1 aromatic heterocycles. The van der Waals surface area contributed by atoms with E-state index in [9.17, 15) is 13.2 Å². The van der Waals surface area contributed by atoms with Crippen LogP contribution in [-0.4, -0.2) is 78.0 Å². The monoisotopic (exact) mass is 520 g/mol. The molecular weight excluding hydrogens is 496 g/mol. The van der Waals surface area contributed by atoms with E-state index in [2.05, 4.69) is 25.8 Å². The number of piperidine rings is 1. The molecule has 0 bridgehead atoms. The van der Waals surface area contributed by atoms with Crippen LogP contribution in [0.3, 0.4) is 0 Å². The molecule has 5 rings (SSSR count). The van der Waals surface area contributed by atoms with Gasteiger partial charge in [0.25, 0.3) is 0 Å². The summed E-state index contributed by atoms with van der Waals surface area (Å²) in [6, 6.07) is 10.5. The Morgan fingerprint density at radius 3 is 2.47 bits per heavy atom. The summed E-state index contributed by atoms with van der Waals surface area (Å²) in [5.41, 5.74) is 0.830. The molecule has 0 radical (unpaired) electrons. The number of carbonyl (C=O) groups excluding carboxylic acids is 1. The molecule has 0 aliphatic carbocycles. The number of hydrogen-bond donors (Lipinski definition) is 0. The summed E-state index contributed by atoms with van der Waals surface area (Å²) in [6.07, 6.45) is 4.71. The topological polar surface area (TPSA) is 83.0 Å². The lowest BCUT2D eigenvalue weighted by Crippen LogP contribution is -2.55. The Hall–Kier alpha value is -1.85. The fourth-order valence-electron chi connectivity index (χ4n) is 4.75. The van der Waals surface area contributed by atoms with Crippen molar-refractivity contribution < 1.29 is 17.9 Å². The molecule has 10 heteroatoms. The fourth-order valence-corrected chi connectivity index (χ4v) is 6.39. The molecule has 1 amide bonds. The van der Waals surface area contributed by atoms with Crippen LogP contribution in [0.1, 0.15) is 18.4 Å². The van der Waals surface area contributed by atoms with Crippen LogP contribution >= 0.6 is 15.9 Å². The van der Waals surface area contributed by atoms with Crippen molar-refractivity contribution in [1.82, 2.24) is 19.1 Å². The van der Waals surface area contributed by atoms with Gasteiger partial charge in [-0.25, -0.2) is 8.42 Å². The van der Waals surface area contributed by atoms with E-state index in [1.165, 1.54) is 9.87 Å². The summed E-state index contributed by atoms with van der Waals surface area (Å²) < 4.78 is 34.6. The Labute approximate surface area is 196 Å². The van der Waals surface area contributed by atoms with E-state index < -0.39 is 21.9 Å². The molecule has 1 aromatic carbocycles. The van der Waals surface area contributed by atoms with Crippen LogP contribution in [0.25, 0.3) is 0 Å². The number of benzene rings is 1. The number of likely N-dealkylation sites (tertiary alicyclic amines) is 1. The van der Waals surface area contributed by atoms with Gasteiger partial charge in [-0.2, -0.15) is 4.31 Å². The van der Waals surface area contributed by atoms with Gasteiger partial charge in [-0.1, -0.05) is 15.9 Å². The van der Waals surface area contributed by atoms with Crippen molar-refractivity contribution in [2.24, 2.45) is 0 Å². The van der Waals surface area contributed by atoms with Crippen LogP contribution in [-0.2, 0) is 26.1 Å². The third kappa shape index (κ3) is 4.22. The number of pyridine rings is 1. The second kappa shape index (κ2) is 8.49. The number of hydrogen-bond acceptors (Lipinski definition) is 6. The molecule has 1 spiro atoms. The summed E-state index contributed by atoms with van der Waals surface area (Å²) >= 11 is 3.32. The van der Waals surface area contributed by atoms with Crippen LogP contribution in [0.5, 0.6) is 0 Å². The number of sulfonamides is 1. The average molecular weight is 521 g/mol. The van der Waals surface area contributed by atoms with Crippen molar-refractivity contribution in [3.05, 3.63) is 58.8 Å². The number of piperazine rings is 1. The first-order chi connectivity index (χ1) is 15.3. The molecule has 3 aliphatic rings. The largest absolute Gasteiger partial charge is 0.348 e. The minimum Gasteiger partial charge on any atom is -0.348 e. The molecule has 1 atom stereocenters. The molecule has 1 unspecified atom stereocenters. The highest BCUT2D eigenvalue weighted by atomic mass is 79.9. The minimum atomic E-state index is -3.76. The second-order valence-electron chi connectivity index (χ2n) is 8.66. The number of ether oxygens (including phenoxy) is 1. The van der Waals surface area contributed by atoms with Crippen molar-refractivity contribution in [3.63, 3.8) is 0 Å². The summed E-state index contributed by atoms with van der Waals surface area (Å²) in [5.74, 6) is -0.196. The molecule has 3 saturated heterocycles. The summed E-state index contributed by atoms with van der Waals surface area (Å²) in [4.78, 5) is 21.2. The molecule has 32 heavy (non-hydrogen) atoms. The van der Waals surface area contributed by atoms with Crippen LogP contribution < -0.4 is 0 Å². The Bertz CT molecular complexity index is 1090. The van der Waals surface area contributed by atoms with Crippen molar-refractivity contribution >= 4 is 31.9 Å². The van der Waals surface area contributed by atoms with E-state index in [-0.39, 0.29) is 23.9 Å². The minimum absolute atomic E-state index is 0.150. The normalized spacial score (nSPS) is 24.1. The lowest BCUT2D eigenvalue weighted by molar-refractivity contribution is -0.145. The third-order valence-electron chi connectivity index (χ3n) is 6.56. The van der Waals surface area contributed by atoms with Gasteiger partial charge in [0.1, 0.15) is 6.23 Å².